The predicted molar refractivity (Wildman–Crippen MR) is 81.0 cm³/mol. The first-order valence-electron chi connectivity index (χ1n) is 6.74. The minimum Gasteiger partial charge on any atom is -0.399 e. The quantitative estimate of drug-likeness (QED) is 0.754. The zero-order valence-electron chi connectivity index (χ0n) is 12.5. The molecule has 0 aliphatic rings. The normalized spacial score (nSPS) is 13.7. The lowest BCUT2D eigenvalue weighted by Crippen LogP contribution is -2.42. The number of hydrogen-bond donors (Lipinski definition) is 2. The lowest BCUT2D eigenvalue weighted by atomic mass is 10.1. The molecule has 0 aromatic heterocycles. The van der Waals surface area contributed by atoms with Gasteiger partial charge in [-0.05, 0) is 37.5 Å². The van der Waals surface area contributed by atoms with Gasteiger partial charge < -0.3 is 10.5 Å². The molecule has 5 nitrogen and oxygen atoms in total. The summed E-state index contributed by atoms with van der Waals surface area (Å²) in [7, 11) is -3.60. The molecule has 0 aliphatic heterocycles. The molecule has 1 unspecified atom stereocenters. The highest BCUT2D eigenvalue weighted by molar-refractivity contribution is 7.89. The molecule has 1 rings (SSSR count). The molecule has 1 aromatic rings. The largest absolute Gasteiger partial charge is 0.399 e. The van der Waals surface area contributed by atoms with E-state index in [0.29, 0.717) is 24.5 Å². The third-order valence-electron chi connectivity index (χ3n) is 3.11. The van der Waals surface area contributed by atoms with Gasteiger partial charge in [0, 0.05) is 18.3 Å². The van der Waals surface area contributed by atoms with E-state index in [2.05, 4.69) is 4.72 Å². The Labute approximate surface area is 121 Å². The van der Waals surface area contributed by atoms with E-state index in [1.54, 1.807) is 19.1 Å². The van der Waals surface area contributed by atoms with E-state index >= 15 is 0 Å². The molecule has 1 atom stereocenters. The molecular weight excluding hydrogens is 276 g/mol. The summed E-state index contributed by atoms with van der Waals surface area (Å²) >= 11 is 0. The minimum atomic E-state index is -3.60. The van der Waals surface area contributed by atoms with E-state index < -0.39 is 10.0 Å². The Kier molecular flexibility index (Phi) is 5.98. The van der Waals surface area contributed by atoms with Gasteiger partial charge in [-0.25, -0.2) is 13.1 Å². The first-order valence-corrected chi connectivity index (χ1v) is 8.22. The molecule has 0 amide bonds. The van der Waals surface area contributed by atoms with E-state index in [0.717, 1.165) is 0 Å². The van der Waals surface area contributed by atoms with Crippen molar-refractivity contribution < 1.29 is 13.2 Å². The van der Waals surface area contributed by atoms with Gasteiger partial charge in [0.05, 0.1) is 11.5 Å². The maximum absolute atomic E-state index is 12.5. The van der Waals surface area contributed by atoms with Gasteiger partial charge >= 0.3 is 0 Å². The lowest BCUT2D eigenvalue weighted by Gasteiger charge is -2.22. The number of ether oxygens (including phenoxy) is 1. The van der Waals surface area contributed by atoms with Gasteiger partial charge in [0.1, 0.15) is 0 Å². The van der Waals surface area contributed by atoms with Crippen molar-refractivity contribution in [3.8, 4) is 0 Å². The third-order valence-corrected chi connectivity index (χ3v) is 4.75. The first kappa shape index (κ1) is 16.9. The zero-order valence-corrected chi connectivity index (χ0v) is 13.3. The van der Waals surface area contributed by atoms with Crippen LogP contribution in [0.5, 0.6) is 0 Å². The van der Waals surface area contributed by atoms with Crippen LogP contribution in [-0.4, -0.2) is 27.7 Å². The molecule has 0 aliphatic carbocycles. The van der Waals surface area contributed by atoms with Crippen LogP contribution >= 0.6 is 0 Å². The van der Waals surface area contributed by atoms with Gasteiger partial charge in [0.25, 0.3) is 0 Å². The smallest absolute Gasteiger partial charge is 0.241 e. The van der Waals surface area contributed by atoms with Crippen LogP contribution in [-0.2, 0) is 14.8 Å². The first-order chi connectivity index (χ1) is 9.27. The van der Waals surface area contributed by atoms with E-state index in [1.165, 1.54) is 6.07 Å². The van der Waals surface area contributed by atoms with Crippen molar-refractivity contribution in [3.05, 3.63) is 23.8 Å². The van der Waals surface area contributed by atoms with Crippen molar-refractivity contribution >= 4 is 15.7 Å². The summed E-state index contributed by atoms with van der Waals surface area (Å²) in [5, 5.41) is 0. The van der Waals surface area contributed by atoms with Gasteiger partial charge in [-0.3, -0.25) is 0 Å². The number of aryl methyl sites for hydroxylation is 1. The summed E-state index contributed by atoms with van der Waals surface area (Å²) in [6.45, 7) is 8.46. The average Bonchev–Trinajstić information content (AvgIpc) is 2.36. The molecule has 0 fully saturated rings. The Morgan fingerprint density at radius 3 is 2.55 bits per heavy atom. The number of sulfonamides is 1. The van der Waals surface area contributed by atoms with E-state index in [-0.39, 0.29) is 16.9 Å². The summed E-state index contributed by atoms with van der Waals surface area (Å²) in [6.07, 6.45) is 0. The van der Waals surface area contributed by atoms with E-state index in [4.69, 9.17) is 10.5 Å². The van der Waals surface area contributed by atoms with Crippen molar-refractivity contribution in [1.29, 1.82) is 0 Å². The maximum atomic E-state index is 12.5. The summed E-state index contributed by atoms with van der Waals surface area (Å²) < 4.78 is 33.0. The van der Waals surface area contributed by atoms with Gasteiger partial charge in [0.2, 0.25) is 10.0 Å². The molecule has 6 heteroatoms. The molecule has 0 heterocycles. The summed E-state index contributed by atoms with van der Waals surface area (Å²) in [5.74, 6) is 0.137. The molecule has 114 valence electrons. The fourth-order valence-electron chi connectivity index (χ4n) is 1.78. The molecule has 20 heavy (non-hydrogen) atoms. The molecular formula is C14H24N2O3S. The summed E-state index contributed by atoms with van der Waals surface area (Å²) in [6, 6.07) is 4.61. The lowest BCUT2D eigenvalue weighted by molar-refractivity contribution is 0.116. The zero-order chi connectivity index (χ0) is 15.3. The van der Waals surface area contributed by atoms with Gasteiger partial charge in [-0.2, -0.15) is 0 Å². The highest BCUT2D eigenvalue weighted by atomic mass is 32.2. The topological polar surface area (TPSA) is 81.4 Å². The Morgan fingerprint density at radius 1 is 1.35 bits per heavy atom. The Morgan fingerprint density at radius 2 is 2.00 bits per heavy atom. The van der Waals surface area contributed by atoms with Crippen molar-refractivity contribution in [3.63, 3.8) is 0 Å². The molecule has 3 N–H and O–H groups in total. The number of hydrogen-bond acceptors (Lipinski definition) is 4. The van der Waals surface area contributed by atoms with Crippen LogP contribution in [0.4, 0.5) is 5.69 Å². The molecule has 0 saturated carbocycles. The standard InChI is InChI=1S/C14H24N2O3S/c1-5-19-9-13(10(2)3)16-20(17,18)14-8-12(15)7-6-11(14)4/h6-8,10,13,16H,5,9,15H2,1-4H3. The number of rotatable bonds is 7. The Bertz CT molecular complexity index is 541. The number of nitrogens with two attached hydrogens (primary N) is 1. The van der Waals surface area contributed by atoms with E-state index in [9.17, 15) is 8.42 Å². The van der Waals surface area contributed by atoms with Gasteiger partial charge in [-0.15, -0.1) is 0 Å². The SMILES string of the molecule is CCOCC(NS(=O)(=O)c1cc(N)ccc1C)C(C)C. The molecule has 1 aromatic carbocycles. The fourth-order valence-corrected chi connectivity index (χ4v) is 3.43. The van der Waals surface area contributed by atoms with Crippen molar-refractivity contribution in [2.45, 2.75) is 38.6 Å². The second-order valence-electron chi connectivity index (χ2n) is 5.16. The molecule has 0 saturated heterocycles. The van der Waals surface area contributed by atoms with Crippen LogP contribution < -0.4 is 10.5 Å². The Balaban J connectivity index is 3.00. The third kappa shape index (κ3) is 4.47. The maximum Gasteiger partial charge on any atom is 0.241 e. The highest BCUT2D eigenvalue weighted by Gasteiger charge is 2.24. The van der Waals surface area contributed by atoms with Crippen LogP contribution in [0.3, 0.4) is 0 Å². The number of nitrogen functional groups attached to an aromatic ring is 1. The Hall–Kier alpha value is -1.11. The fraction of sp³-hybridized carbons (Fsp3) is 0.571. The van der Waals surface area contributed by atoms with Crippen LogP contribution in [0, 0.1) is 12.8 Å². The van der Waals surface area contributed by atoms with E-state index in [1.807, 2.05) is 20.8 Å². The van der Waals surface area contributed by atoms with Crippen LogP contribution in [0.15, 0.2) is 23.1 Å². The van der Waals surface area contributed by atoms with Crippen LogP contribution in [0.25, 0.3) is 0 Å². The summed E-state index contributed by atoms with van der Waals surface area (Å²) in [4.78, 5) is 0.222. The molecule has 0 radical (unpaired) electrons. The van der Waals surface area contributed by atoms with Crippen molar-refractivity contribution in [2.75, 3.05) is 18.9 Å². The highest BCUT2D eigenvalue weighted by Crippen LogP contribution is 2.19. The van der Waals surface area contributed by atoms with Gasteiger partial charge in [0.15, 0.2) is 0 Å². The minimum absolute atomic E-state index is 0.137. The second kappa shape index (κ2) is 7.06. The number of anilines is 1. The van der Waals surface area contributed by atoms with Crippen molar-refractivity contribution in [1.82, 2.24) is 4.72 Å². The average molecular weight is 300 g/mol. The van der Waals surface area contributed by atoms with Crippen LogP contribution in [0.1, 0.15) is 26.3 Å². The van der Waals surface area contributed by atoms with Crippen LogP contribution in [0.2, 0.25) is 0 Å². The molecule has 0 bridgehead atoms. The van der Waals surface area contributed by atoms with Crippen molar-refractivity contribution in [2.24, 2.45) is 5.92 Å². The second-order valence-corrected chi connectivity index (χ2v) is 6.84. The monoisotopic (exact) mass is 300 g/mol. The van der Waals surface area contributed by atoms with Gasteiger partial charge in [-0.1, -0.05) is 19.9 Å². The predicted octanol–water partition coefficient (Wildman–Crippen LogP) is 1.92. The number of nitrogens with one attached hydrogen (secondary N) is 1. The summed E-state index contributed by atoms with van der Waals surface area (Å²) in [5.41, 5.74) is 6.78. The molecule has 0 spiro atoms. The number of benzene rings is 1.